The van der Waals surface area contributed by atoms with Crippen LogP contribution in [0.25, 0.3) is 0 Å². The monoisotopic (exact) mass is 317 g/mol. The normalized spacial score (nSPS) is 9.40. The molecule has 0 aliphatic carbocycles. The lowest BCUT2D eigenvalue weighted by Gasteiger charge is -2.07. The molecule has 15 heavy (non-hydrogen) atoms. The number of nitrogens with zero attached hydrogens (tertiary/aromatic N) is 1. The van der Waals surface area contributed by atoms with Gasteiger partial charge in [-0.25, -0.2) is 0 Å². The highest BCUT2D eigenvalue weighted by Gasteiger charge is 2.14. The molecule has 4 nitrogen and oxygen atoms in total. The van der Waals surface area contributed by atoms with Crippen LogP contribution in [0.1, 0.15) is 11.1 Å². The summed E-state index contributed by atoms with van der Waals surface area (Å²) in [5.41, 5.74) is 0.869. The molecule has 1 aromatic carbocycles. The van der Waals surface area contributed by atoms with E-state index in [2.05, 4.69) is 4.74 Å². The van der Waals surface area contributed by atoms with Crippen molar-refractivity contribution in [1.29, 1.82) is 5.26 Å². The lowest BCUT2D eigenvalue weighted by Crippen LogP contribution is -2.06. The molecule has 0 saturated carbocycles. The van der Waals surface area contributed by atoms with Crippen molar-refractivity contribution in [2.24, 2.45) is 0 Å². The molecule has 0 aliphatic rings. The lowest BCUT2D eigenvalue weighted by molar-refractivity contribution is -0.139. The molecule has 0 bridgehead atoms. The van der Waals surface area contributed by atoms with Crippen LogP contribution < -0.4 is 0 Å². The molecule has 0 unspecified atom stereocenters. The topological polar surface area (TPSA) is 70.3 Å². The van der Waals surface area contributed by atoms with Crippen LogP contribution in [0, 0.1) is 14.9 Å². The van der Waals surface area contributed by atoms with Crippen LogP contribution in [0.5, 0.6) is 5.75 Å². The highest BCUT2D eigenvalue weighted by molar-refractivity contribution is 14.1. The van der Waals surface area contributed by atoms with Crippen molar-refractivity contribution in [3.8, 4) is 11.8 Å². The van der Waals surface area contributed by atoms with Crippen LogP contribution in [-0.2, 0) is 16.0 Å². The first-order chi connectivity index (χ1) is 7.10. The molecular formula is C10H8INO3. The van der Waals surface area contributed by atoms with Gasteiger partial charge in [-0.2, -0.15) is 5.26 Å². The molecule has 1 aromatic rings. The van der Waals surface area contributed by atoms with Gasteiger partial charge in [-0.3, -0.25) is 4.79 Å². The van der Waals surface area contributed by atoms with Gasteiger partial charge >= 0.3 is 5.97 Å². The lowest BCUT2D eigenvalue weighted by atomic mass is 10.1. The van der Waals surface area contributed by atoms with E-state index in [-0.39, 0.29) is 12.2 Å². The van der Waals surface area contributed by atoms with Crippen molar-refractivity contribution in [3.05, 3.63) is 26.8 Å². The number of hydrogen-bond acceptors (Lipinski definition) is 4. The minimum atomic E-state index is -0.446. The summed E-state index contributed by atoms with van der Waals surface area (Å²) in [4.78, 5) is 11.1. The number of esters is 1. The van der Waals surface area contributed by atoms with Gasteiger partial charge in [0.2, 0.25) is 0 Å². The summed E-state index contributed by atoms with van der Waals surface area (Å²) in [5.74, 6) is -0.442. The zero-order chi connectivity index (χ0) is 11.4. The standard InChI is InChI=1S/C10H8INO3/c1-15-9(14)4-7-8(13)3-2-6(5-12)10(7)11/h2-3,13H,4H2,1H3. The number of aromatic hydroxyl groups is 1. The fourth-order valence-electron chi connectivity index (χ4n) is 1.08. The van der Waals surface area contributed by atoms with E-state index in [1.165, 1.54) is 19.2 Å². The van der Waals surface area contributed by atoms with E-state index < -0.39 is 5.97 Å². The molecular weight excluding hydrogens is 309 g/mol. The van der Waals surface area contributed by atoms with E-state index >= 15 is 0 Å². The fourth-order valence-corrected chi connectivity index (χ4v) is 1.85. The molecule has 0 saturated heterocycles. The second-order valence-electron chi connectivity index (χ2n) is 2.79. The molecule has 0 amide bonds. The van der Waals surface area contributed by atoms with Crippen molar-refractivity contribution in [2.45, 2.75) is 6.42 Å². The minimum Gasteiger partial charge on any atom is -0.508 e. The Hall–Kier alpha value is -1.29. The maximum Gasteiger partial charge on any atom is 0.310 e. The molecule has 0 spiro atoms. The average Bonchev–Trinajstić information content (AvgIpc) is 2.24. The molecule has 0 heterocycles. The molecule has 5 heteroatoms. The summed E-state index contributed by atoms with van der Waals surface area (Å²) in [6, 6.07) is 4.90. The number of phenols is 1. The first-order valence-corrected chi connectivity index (χ1v) is 5.15. The number of benzene rings is 1. The number of carbonyl (C=O) groups excluding carboxylic acids is 1. The number of hydrogen-bond donors (Lipinski definition) is 1. The third-order valence-corrected chi connectivity index (χ3v) is 3.12. The predicted molar refractivity (Wildman–Crippen MR) is 61.3 cm³/mol. The Labute approximate surface area is 101 Å². The highest BCUT2D eigenvalue weighted by atomic mass is 127. The van der Waals surface area contributed by atoms with Gasteiger partial charge in [0.25, 0.3) is 0 Å². The molecule has 0 radical (unpaired) electrons. The van der Waals surface area contributed by atoms with Crippen molar-refractivity contribution in [2.75, 3.05) is 7.11 Å². The maximum atomic E-state index is 11.1. The first kappa shape index (κ1) is 11.8. The molecule has 0 atom stereocenters. The summed E-state index contributed by atoms with van der Waals surface area (Å²) in [7, 11) is 1.28. The summed E-state index contributed by atoms with van der Waals surface area (Å²) in [6.07, 6.45) is -0.0316. The summed E-state index contributed by atoms with van der Waals surface area (Å²) in [5, 5.41) is 18.3. The molecule has 0 fully saturated rings. The fraction of sp³-hybridized carbons (Fsp3) is 0.200. The van der Waals surface area contributed by atoms with Crippen LogP contribution in [0.3, 0.4) is 0 Å². The SMILES string of the molecule is COC(=O)Cc1c(O)ccc(C#N)c1I. The second kappa shape index (κ2) is 4.98. The van der Waals surface area contributed by atoms with E-state index in [9.17, 15) is 9.90 Å². The summed E-state index contributed by atoms with van der Waals surface area (Å²) in [6.45, 7) is 0. The third kappa shape index (κ3) is 2.59. The summed E-state index contributed by atoms with van der Waals surface area (Å²) >= 11 is 1.93. The van der Waals surface area contributed by atoms with Crippen LogP contribution in [0.2, 0.25) is 0 Å². The molecule has 1 N–H and O–H groups in total. The van der Waals surface area contributed by atoms with Gasteiger partial charge in [0, 0.05) is 9.13 Å². The number of halogens is 1. The second-order valence-corrected chi connectivity index (χ2v) is 3.87. The number of rotatable bonds is 2. The minimum absolute atomic E-state index is 0.00352. The Balaban J connectivity index is 3.16. The largest absolute Gasteiger partial charge is 0.508 e. The van der Waals surface area contributed by atoms with Crippen molar-refractivity contribution >= 4 is 28.6 Å². The smallest absolute Gasteiger partial charge is 0.310 e. The van der Waals surface area contributed by atoms with Crippen LogP contribution >= 0.6 is 22.6 Å². The van der Waals surface area contributed by atoms with E-state index in [0.29, 0.717) is 14.7 Å². The maximum absolute atomic E-state index is 11.1. The number of ether oxygens (including phenoxy) is 1. The highest BCUT2D eigenvalue weighted by Crippen LogP contribution is 2.26. The Morgan fingerprint density at radius 1 is 1.67 bits per heavy atom. The zero-order valence-electron chi connectivity index (χ0n) is 7.95. The Morgan fingerprint density at radius 2 is 2.33 bits per heavy atom. The Bertz CT molecular complexity index is 437. The Morgan fingerprint density at radius 3 is 2.87 bits per heavy atom. The van der Waals surface area contributed by atoms with Gasteiger partial charge in [-0.15, -0.1) is 0 Å². The van der Waals surface area contributed by atoms with E-state index in [1.807, 2.05) is 28.7 Å². The van der Waals surface area contributed by atoms with Gasteiger partial charge in [0.1, 0.15) is 11.8 Å². The van der Waals surface area contributed by atoms with Gasteiger partial charge in [-0.05, 0) is 34.7 Å². The number of nitriles is 1. The van der Waals surface area contributed by atoms with E-state index in [0.717, 1.165) is 0 Å². The molecule has 0 aromatic heterocycles. The quantitative estimate of drug-likeness (QED) is 0.664. The van der Waals surface area contributed by atoms with Crippen LogP contribution in [-0.4, -0.2) is 18.2 Å². The summed E-state index contributed by atoms with van der Waals surface area (Å²) < 4.78 is 5.09. The number of carbonyl (C=O) groups is 1. The molecule has 0 aliphatic heterocycles. The first-order valence-electron chi connectivity index (χ1n) is 4.07. The van der Waals surface area contributed by atoms with Crippen LogP contribution in [0.4, 0.5) is 0 Å². The van der Waals surface area contributed by atoms with Gasteiger partial charge < -0.3 is 9.84 Å². The Kier molecular flexibility index (Phi) is 3.91. The van der Waals surface area contributed by atoms with Gasteiger partial charge in [-0.1, -0.05) is 0 Å². The number of phenolic OH excluding ortho intramolecular Hbond substituents is 1. The van der Waals surface area contributed by atoms with E-state index in [1.54, 1.807) is 0 Å². The predicted octanol–water partition coefficient (Wildman–Crippen LogP) is 1.58. The van der Waals surface area contributed by atoms with Gasteiger partial charge in [0.15, 0.2) is 0 Å². The zero-order valence-corrected chi connectivity index (χ0v) is 10.1. The van der Waals surface area contributed by atoms with Crippen LogP contribution in [0.15, 0.2) is 12.1 Å². The van der Waals surface area contributed by atoms with Crippen molar-refractivity contribution in [1.82, 2.24) is 0 Å². The van der Waals surface area contributed by atoms with Crippen molar-refractivity contribution < 1.29 is 14.6 Å². The average molecular weight is 317 g/mol. The van der Waals surface area contributed by atoms with Gasteiger partial charge in [0.05, 0.1) is 19.1 Å². The van der Waals surface area contributed by atoms with E-state index in [4.69, 9.17) is 5.26 Å². The number of methoxy groups -OCH3 is 1. The van der Waals surface area contributed by atoms with Crippen molar-refractivity contribution in [3.63, 3.8) is 0 Å². The molecule has 1 rings (SSSR count). The molecule has 78 valence electrons. The third-order valence-electron chi connectivity index (χ3n) is 1.89.